The van der Waals surface area contributed by atoms with Crippen LogP contribution in [0.2, 0.25) is 0 Å². The zero-order chi connectivity index (χ0) is 16.4. The van der Waals surface area contributed by atoms with Crippen LogP contribution < -0.4 is 15.4 Å². The van der Waals surface area contributed by atoms with E-state index in [9.17, 15) is 5.11 Å². The van der Waals surface area contributed by atoms with E-state index in [2.05, 4.69) is 29.5 Å². The first-order chi connectivity index (χ1) is 10.6. The van der Waals surface area contributed by atoms with Crippen molar-refractivity contribution in [3.05, 3.63) is 23.8 Å². The van der Waals surface area contributed by atoms with E-state index < -0.39 is 0 Å². The molecule has 0 unspecified atom stereocenters. The van der Waals surface area contributed by atoms with Gasteiger partial charge in [0.1, 0.15) is 0 Å². The zero-order valence-electron chi connectivity index (χ0n) is 14.1. The third kappa shape index (κ3) is 6.70. The van der Waals surface area contributed by atoms with Crippen molar-refractivity contribution in [1.82, 2.24) is 10.6 Å². The Morgan fingerprint density at radius 1 is 1.32 bits per heavy atom. The van der Waals surface area contributed by atoms with Gasteiger partial charge in [-0.25, -0.2) is 4.99 Å². The first kappa shape index (κ1) is 18.1. The summed E-state index contributed by atoms with van der Waals surface area (Å²) in [5.41, 5.74) is 0.942. The summed E-state index contributed by atoms with van der Waals surface area (Å²) in [6.45, 7) is 8.76. The molecule has 0 saturated carbocycles. The summed E-state index contributed by atoms with van der Waals surface area (Å²) in [6, 6.07) is 5.35. The van der Waals surface area contributed by atoms with Crippen molar-refractivity contribution in [2.45, 2.75) is 40.2 Å². The summed E-state index contributed by atoms with van der Waals surface area (Å²) in [6.07, 6.45) is 2.34. The Hall–Kier alpha value is -1.91. The summed E-state index contributed by atoms with van der Waals surface area (Å²) in [5, 5.41) is 16.3. The number of benzene rings is 1. The molecule has 5 nitrogen and oxygen atoms in total. The van der Waals surface area contributed by atoms with Crippen molar-refractivity contribution in [2.75, 3.05) is 20.2 Å². The molecule has 0 aliphatic heterocycles. The SMILES string of the molecule is CCNC(=NCc1ccc(OC)c(O)c1)NCCCC(C)C. The van der Waals surface area contributed by atoms with Gasteiger partial charge in [-0.3, -0.25) is 0 Å². The highest BCUT2D eigenvalue weighted by atomic mass is 16.5. The first-order valence-corrected chi connectivity index (χ1v) is 7.94. The molecule has 0 radical (unpaired) electrons. The fourth-order valence-corrected chi connectivity index (χ4v) is 2.06. The number of nitrogens with one attached hydrogen (secondary N) is 2. The van der Waals surface area contributed by atoms with Crippen molar-refractivity contribution < 1.29 is 9.84 Å². The lowest BCUT2D eigenvalue weighted by molar-refractivity contribution is 0.373. The molecule has 124 valence electrons. The van der Waals surface area contributed by atoms with Gasteiger partial charge in [-0.2, -0.15) is 0 Å². The van der Waals surface area contributed by atoms with E-state index in [0.717, 1.165) is 37.0 Å². The van der Waals surface area contributed by atoms with E-state index in [1.165, 1.54) is 13.5 Å². The van der Waals surface area contributed by atoms with Crippen LogP contribution >= 0.6 is 0 Å². The van der Waals surface area contributed by atoms with E-state index >= 15 is 0 Å². The molecule has 0 aliphatic carbocycles. The number of hydrogen-bond donors (Lipinski definition) is 3. The minimum Gasteiger partial charge on any atom is -0.504 e. The molecule has 0 fully saturated rings. The van der Waals surface area contributed by atoms with Gasteiger partial charge in [0.05, 0.1) is 13.7 Å². The highest BCUT2D eigenvalue weighted by Gasteiger charge is 2.03. The van der Waals surface area contributed by atoms with Gasteiger partial charge in [0.2, 0.25) is 0 Å². The largest absolute Gasteiger partial charge is 0.504 e. The van der Waals surface area contributed by atoms with E-state index in [1.54, 1.807) is 12.1 Å². The molecule has 3 N–H and O–H groups in total. The van der Waals surface area contributed by atoms with E-state index in [-0.39, 0.29) is 5.75 Å². The molecule has 1 rings (SSSR count). The van der Waals surface area contributed by atoms with Crippen molar-refractivity contribution in [3.8, 4) is 11.5 Å². The highest BCUT2D eigenvalue weighted by molar-refractivity contribution is 5.79. The van der Waals surface area contributed by atoms with Gasteiger partial charge in [-0.1, -0.05) is 19.9 Å². The van der Waals surface area contributed by atoms with Crippen LogP contribution in [0.5, 0.6) is 11.5 Å². The second kappa shape index (κ2) is 9.92. The summed E-state index contributed by atoms with van der Waals surface area (Å²) >= 11 is 0. The number of methoxy groups -OCH3 is 1. The van der Waals surface area contributed by atoms with Gasteiger partial charge in [0.15, 0.2) is 17.5 Å². The van der Waals surface area contributed by atoms with E-state index in [0.29, 0.717) is 12.3 Å². The van der Waals surface area contributed by atoms with Crippen LogP contribution in [-0.4, -0.2) is 31.3 Å². The lowest BCUT2D eigenvalue weighted by Crippen LogP contribution is -2.37. The maximum absolute atomic E-state index is 9.78. The standard InChI is InChI=1S/C17H29N3O2/c1-5-18-17(19-10-6-7-13(2)3)20-12-14-8-9-16(22-4)15(21)11-14/h8-9,11,13,21H,5-7,10,12H2,1-4H3,(H2,18,19,20). The fourth-order valence-electron chi connectivity index (χ4n) is 2.06. The average Bonchev–Trinajstić information content (AvgIpc) is 2.49. The van der Waals surface area contributed by atoms with Crippen LogP contribution in [0.25, 0.3) is 0 Å². The predicted octanol–water partition coefficient (Wildman–Crippen LogP) is 2.89. The molecule has 0 aromatic heterocycles. The molecule has 0 heterocycles. The Bertz CT molecular complexity index is 473. The van der Waals surface area contributed by atoms with Crippen molar-refractivity contribution in [3.63, 3.8) is 0 Å². The third-order valence-corrected chi connectivity index (χ3v) is 3.26. The molecular weight excluding hydrogens is 278 g/mol. The van der Waals surface area contributed by atoms with Crippen LogP contribution in [0.4, 0.5) is 0 Å². The third-order valence-electron chi connectivity index (χ3n) is 3.26. The minimum atomic E-state index is 0.144. The Kier molecular flexibility index (Phi) is 8.18. The van der Waals surface area contributed by atoms with E-state index in [4.69, 9.17) is 4.74 Å². The number of aromatic hydroxyl groups is 1. The van der Waals surface area contributed by atoms with Crippen molar-refractivity contribution >= 4 is 5.96 Å². The molecule has 0 atom stereocenters. The highest BCUT2D eigenvalue weighted by Crippen LogP contribution is 2.26. The second-order valence-corrected chi connectivity index (χ2v) is 5.66. The number of hydrogen-bond acceptors (Lipinski definition) is 3. The summed E-state index contributed by atoms with van der Waals surface area (Å²) in [4.78, 5) is 4.54. The number of nitrogens with zero attached hydrogens (tertiary/aromatic N) is 1. The lowest BCUT2D eigenvalue weighted by Gasteiger charge is -2.12. The van der Waals surface area contributed by atoms with E-state index in [1.807, 2.05) is 13.0 Å². The Balaban J connectivity index is 2.55. The van der Waals surface area contributed by atoms with Crippen LogP contribution in [0, 0.1) is 5.92 Å². The molecule has 0 spiro atoms. The van der Waals surface area contributed by atoms with Crippen molar-refractivity contribution in [1.29, 1.82) is 0 Å². The van der Waals surface area contributed by atoms with Gasteiger partial charge in [-0.05, 0) is 43.4 Å². The molecular formula is C17H29N3O2. The summed E-state index contributed by atoms with van der Waals surface area (Å²) < 4.78 is 5.04. The quantitative estimate of drug-likeness (QED) is 0.392. The minimum absolute atomic E-state index is 0.144. The number of phenolic OH excluding ortho intramolecular Hbond substituents is 1. The smallest absolute Gasteiger partial charge is 0.191 e. The zero-order valence-corrected chi connectivity index (χ0v) is 14.1. The fraction of sp³-hybridized carbons (Fsp3) is 0.588. The molecule has 0 saturated heterocycles. The topological polar surface area (TPSA) is 65.9 Å². The Labute approximate surface area is 133 Å². The number of guanidine groups is 1. The van der Waals surface area contributed by atoms with Crippen LogP contribution in [0.1, 0.15) is 39.2 Å². The summed E-state index contributed by atoms with van der Waals surface area (Å²) in [5.74, 6) is 2.15. The van der Waals surface area contributed by atoms with Gasteiger partial charge in [-0.15, -0.1) is 0 Å². The predicted molar refractivity (Wildman–Crippen MR) is 91.5 cm³/mol. The van der Waals surface area contributed by atoms with Crippen molar-refractivity contribution in [2.24, 2.45) is 10.9 Å². The Morgan fingerprint density at radius 2 is 2.09 bits per heavy atom. The van der Waals surface area contributed by atoms with Crippen LogP contribution in [0.15, 0.2) is 23.2 Å². The number of ether oxygens (including phenoxy) is 1. The number of phenols is 1. The number of aliphatic imine (C=N–C) groups is 1. The van der Waals surface area contributed by atoms with Gasteiger partial charge < -0.3 is 20.5 Å². The first-order valence-electron chi connectivity index (χ1n) is 7.94. The maximum Gasteiger partial charge on any atom is 0.191 e. The number of rotatable bonds is 8. The average molecular weight is 307 g/mol. The molecule has 0 amide bonds. The molecule has 22 heavy (non-hydrogen) atoms. The second-order valence-electron chi connectivity index (χ2n) is 5.66. The maximum atomic E-state index is 9.78. The molecule has 0 bridgehead atoms. The normalized spacial score (nSPS) is 11.6. The van der Waals surface area contributed by atoms with Gasteiger partial charge in [0.25, 0.3) is 0 Å². The molecule has 5 heteroatoms. The Morgan fingerprint density at radius 3 is 2.68 bits per heavy atom. The van der Waals surface area contributed by atoms with Gasteiger partial charge in [0, 0.05) is 13.1 Å². The summed E-state index contributed by atoms with van der Waals surface area (Å²) in [7, 11) is 1.54. The van der Waals surface area contributed by atoms with Gasteiger partial charge >= 0.3 is 0 Å². The van der Waals surface area contributed by atoms with Crippen LogP contribution in [-0.2, 0) is 6.54 Å². The lowest BCUT2D eigenvalue weighted by atomic mass is 10.1. The molecule has 1 aromatic carbocycles. The monoisotopic (exact) mass is 307 g/mol. The molecule has 0 aliphatic rings. The van der Waals surface area contributed by atoms with Crippen LogP contribution in [0.3, 0.4) is 0 Å². The molecule has 1 aromatic rings.